The van der Waals surface area contributed by atoms with E-state index in [0.717, 1.165) is 23.8 Å². The molecule has 3 heterocycles. The van der Waals surface area contributed by atoms with Crippen LogP contribution in [0.1, 0.15) is 34.6 Å². The molecule has 0 bridgehead atoms. The minimum atomic E-state index is -4.93. The molecule has 8 nitrogen and oxygen atoms in total. The zero-order chi connectivity index (χ0) is 27.8. The number of ether oxygens (including phenoxy) is 1. The number of amides is 1. The summed E-state index contributed by atoms with van der Waals surface area (Å²) in [5.74, 6) is -1.45. The van der Waals surface area contributed by atoms with Gasteiger partial charge in [0.05, 0.1) is 17.3 Å². The van der Waals surface area contributed by atoms with Crippen molar-refractivity contribution in [1.82, 2.24) is 24.9 Å². The molecule has 0 aliphatic carbocycles. The number of benzene rings is 1. The summed E-state index contributed by atoms with van der Waals surface area (Å²) in [5, 5.41) is 10.0. The number of pyridine rings is 2. The quantitative estimate of drug-likeness (QED) is 0.282. The maximum atomic E-state index is 14.4. The number of anilines is 1. The van der Waals surface area contributed by atoms with Crippen molar-refractivity contribution in [3.8, 4) is 16.9 Å². The lowest BCUT2D eigenvalue weighted by Gasteiger charge is -2.18. The zero-order valence-electron chi connectivity index (χ0n) is 21.3. The summed E-state index contributed by atoms with van der Waals surface area (Å²) in [4.78, 5) is 21.9. The van der Waals surface area contributed by atoms with Crippen molar-refractivity contribution in [2.24, 2.45) is 0 Å². The fraction of sp³-hybridized carbons (Fsp3) is 0.217. The summed E-state index contributed by atoms with van der Waals surface area (Å²) in [6, 6.07) is 6.93. The van der Waals surface area contributed by atoms with Crippen molar-refractivity contribution in [2.45, 2.75) is 31.5 Å². The third-order valence-corrected chi connectivity index (χ3v) is 5.50. The van der Waals surface area contributed by atoms with Crippen LogP contribution in [0.4, 0.5) is 23.5 Å². The number of hydrogen-bond donors (Lipinski definition) is 2. The molecule has 38 heavy (non-hydrogen) atoms. The molecule has 0 aliphatic rings. The van der Waals surface area contributed by atoms with Crippen molar-refractivity contribution in [1.29, 1.82) is 0 Å². The van der Waals surface area contributed by atoms with Gasteiger partial charge < -0.3 is 15.4 Å². The Bertz CT molecular complexity index is 1510. The summed E-state index contributed by atoms with van der Waals surface area (Å²) >= 11 is 0. The highest BCUT2D eigenvalue weighted by Crippen LogP contribution is 2.28. The van der Waals surface area contributed by atoms with Crippen LogP contribution in [0.3, 0.4) is 0 Å². The van der Waals surface area contributed by atoms with E-state index in [-0.39, 0.29) is 16.4 Å². The van der Waals surface area contributed by atoms with E-state index in [4.69, 9.17) is 0 Å². The summed E-state index contributed by atoms with van der Waals surface area (Å²) in [6.45, 7) is 3.11. The summed E-state index contributed by atoms with van der Waals surface area (Å²) < 4.78 is 57.6. The highest BCUT2D eigenvalue weighted by atomic mass is 19.4. The second kappa shape index (κ2) is 10.0. The monoisotopic (exact) mass is 524 g/mol. The van der Waals surface area contributed by atoms with Gasteiger partial charge in [0.15, 0.2) is 5.65 Å². The van der Waals surface area contributed by atoms with Gasteiger partial charge in [-0.05, 0) is 61.0 Å². The maximum Gasteiger partial charge on any atom is 0.573 e. The molecule has 2 N–H and O–H groups in total. The second-order valence-electron chi connectivity index (χ2n) is 9.81. The van der Waals surface area contributed by atoms with Crippen molar-refractivity contribution >= 4 is 41.0 Å². The Balaban J connectivity index is 1.57. The van der Waals surface area contributed by atoms with E-state index in [1.54, 1.807) is 42.0 Å². The lowest BCUT2D eigenvalue weighted by Crippen LogP contribution is -2.40. The molecule has 15 heteroatoms. The second-order valence-corrected chi connectivity index (χ2v) is 9.81. The smallest absolute Gasteiger partial charge is 0.406 e. The molecule has 1 aromatic carbocycles. The minimum Gasteiger partial charge on any atom is -0.406 e. The lowest BCUT2D eigenvalue weighted by molar-refractivity contribution is -0.274. The van der Waals surface area contributed by atoms with E-state index in [0.29, 0.717) is 22.9 Å². The molecule has 0 unspecified atom stereocenters. The van der Waals surface area contributed by atoms with Crippen LogP contribution < -0.4 is 15.4 Å². The number of nitrogens with one attached hydrogen (secondary N) is 2. The summed E-state index contributed by atoms with van der Waals surface area (Å²) in [6.07, 6.45) is -1.57. The number of nitrogens with zero attached hydrogens (tertiary/aromatic N) is 4. The van der Waals surface area contributed by atoms with Crippen LogP contribution in [0.25, 0.3) is 16.8 Å². The highest BCUT2D eigenvalue weighted by molar-refractivity contribution is 6.60. The van der Waals surface area contributed by atoms with Gasteiger partial charge in [0, 0.05) is 23.5 Å². The predicted molar refractivity (Wildman–Crippen MR) is 142 cm³/mol. The molecule has 3 aromatic heterocycles. The van der Waals surface area contributed by atoms with Crippen LogP contribution >= 0.6 is 0 Å². The number of rotatable bonds is 7. The fourth-order valence-electron chi connectivity index (χ4n) is 3.77. The number of aryl methyl sites for hydroxylation is 1. The van der Waals surface area contributed by atoms with Crippen molar-refractivity contribution in [2.75, 3.05) is 5.32 Å². The van der Waals surface area contributed by atoms with Crippen LogP contribution in [0, 0.1) is 12.7 Å². The van der Waals surface area contributed by atoms with E-state index >= 15 is 0 Å². The number of fused-ring (bicyclic) bond motifs is 1. The number of aromatic nitrogens is 4. The summed E-state index contributed by atoms with van der Waals surface area (Å²) in [5.41, 5.74) is 2.47. The van der Waals surface area contributed by atoms with Gasteiger partial charge in [-0.15, -0.1) is 18.3 Å². The van der Waals surface area contributed by atoms with Crippen LogP contribution in [-0.2, 0) is 0 Å². The van der Waals surface area contributed by atoms with E-state index in [9.17, 15) is 22.4 Å². The lowest BCUT2D eigenvalue weighted by atomic mass is 9.49. The first-order valence-electron chi connectivity index (χ1n) is 11.7. The van der Waals surface area contributed by atoms with Gasteiger partial charge in [0.1, 0.15) is 35.1 Å². The largest absolute Gasteiger partial charge is 0.573 e. The Kier molecular flexibility index (Phi) is 7.13. The van der Waals surface area contributed by atoms with Gasteiger partial charge in [-0.2, -0.15) is 4.98 Å². The van der Waals surface area contributed by atoms with Gasteiger partial charge in [-0.1, -0.05) is 0 Å². The zero-order valence-corrected chi connectivity index (χ0v) is 21.3. The molecule has 1 amide bonds. The molecule has 0 saturated carbocycles. The molecule has 0 fully saturated rings. The Labute approximate surface area is 218 Å². The highest BCUT2D eigenvalue weighted by Gasteiger charge is 2.31. The van der Waals surface area contributed by atoms with Crippen molar-refractivity contribution < 1.29 is 27.1 Å². The number of halogens is 4. The van der Waals surface area contributed by atoms with Gasteiger partial charge in [-0.25, -0.2) is 8.91 Å². The van der Waals surface area contributed by atoms with Gasteiger partial charge in [0.25, 0.3) is 5.91 Å². The molecule has 0 aliphatic heterocycles. The minimum absolute atomic E-state index is 0.154. The van der Waals surface area contributed by atoms with E-state index in [1.165, 1.54) is 6.92 Å². The summed E-state index contributed by atoms with van der Waals surface area (Å²) in [7, 11) is 5.99. The van der Waals surface area contributed by atoms with Crippen LogP contribution in [0.5, 0.6) is 5.75 Å². The molecule has 4 aromatic rings. The number of carbonyl (C=O) groups excluding carboxylic acids is 1. The van der Waals surface area contributed by atoms with Crippen LogP contribution in [-0.4, -0.2) is 60.6 Å². The topological polar surface area (TPSA) is 93.4 Å². The normalized spacial score (nSPS) is 12.8. The molecular formula is C23H23B3F4N6O2. The maximum absolute atomic E-state index is 14.4. The van der Waals surface area contributed by atoms with Gasteiger partial charge in [0.2, 0.25) is 5.95 Å². The standard InChI is InChI=1S/C23H23B3F4N6O2/c1-11-17(20(37)32-12(2)16-9-15(3-4-18(16)27)38-23(28,29)30)7-14(10-31-11)13-5-6-36-19(8-13)33-21(35-36)34-22(24,25)26/h3-10,12H,24-26H2,1-2H3,(H,32,37)(H,34,35)/t12-/m1/s1. The molecule has 194 valence electrons. The third-order valence-electron chi connectivity index (χ3n) is 5.50. The first-order chi connectivity index (χ1) is 17.7. The first kappa shape index (κ1) is 27.0. The van der Waals surface area contributed by atoms with Gasteiger partial charge >= 0.3 is 6.36 Å². The Morgan fingerprint density at radius 1 is 1.11 bits per heavy atom. The SMILES string of the molecule is BC(B)(B)Nc1nc2cc(-c3cnc(C)c(C(=O)N[C@H](C)c4cc(OC(F)(F)F)ccc4F)c3)ccn2n1. The fourth-order valence-corrected chi connectivity index (χ4v) is 3.77. The third kappa shape index (κ3) is 6.45. The Morgan fingerprint density at radius 3 is 2.53 bits per heavy atom. The number of alkyl halides is 3. The van der Waals surface area contributed by atoms with Crippen molar-refractivity contribution in [3.05, 3.63) is 71.4 Å². The first-order valence-corrected chi connectivity index (χ1v) is 11.7. The van der Waals surface area contributed by atoms with Crippen LogP contribution in [0.2, 0.25) is 0 Å². The molecule has 0 spiro atoms. The molecular weight excluding hydrogens is 501 g/mol. The van der Waals surface area contributed by atoms with Crippen molar-refractivity contribution in [3.63, 3.8) is 0 Å². The number of hydrogen-bond acceptors (Lipinski definition) is 6. The van der Waals surface area contributed by atoms with Crippen LogP contribution in [0.15, 0.2) is 48.8 Å². The van der Waals surface area contributed by atoms with E-state index in [1.807, 2.05) is 23.5 Å². The molecule has 4 rings (SSSR count). The predicted octanol–water partition coefficient (Wildman–Crippen LogP) is 1.55. The Hall–Kier alpha value is -4.03. The van der Waals surface area contributed by atoms with E-state index < -0.39 is 29.9 Å². The number of carbonyl (C=O) groups is 1. The Morgan fingerprint density at radius 2 is 1.84 bits per heavy atom. The average Bonchev–Trinajstić information content (AvgIpc) is 3.19. The average molecular weight is 524 g/mol. The molecule has 1 atom stereocenters. The van der Waals surface area contributed by atoms with Gasteiger partial charge in [-0.3, -0.25) is 9.78 Å². The molecule has 0 saturated heterocycles. The van der Waals surface area contributed by atoms with E-state index in [2.05, 4.69) is 30.4 Å². The molecule has 0 radical (unpaired) electrons.